The molecule has 2 fully saturated rings. The van der Waals surface area contributed by atoms with Gasteiger partial charge in [-0.15, -0.1) is 11.3 Å². The molecule has 5 aromatic rings. The molecule has 202 valence electrons. The fourth-order valence-corrected chi connectivity index (χ4v) is 6.59. The van der Waals surface area contributed by atoms with Gasteiger partial charge in [-0.1, -0.05) is 36.4 Å². The Morgan fingerprint density at radius 1 is 0.950 bits per heavy atom. The van der Waals surface area contributed by atoms with E-state index in [2.05, 4.69) is 51.2 Å². The van der Waals surface area contributed by atoms with Crippen LogP contribution < -0.4 is 16.1 Å². The van der Waals surface area contributed by atoms with Gasteiger partial charge < -0.3 is 19.8 Å². The van der Waals surface area contributed by atoms with E-state index in [9.17, 15) is 4.79 Å². The molecular formula is C32H30N4O3S. The molecule has 40 heavy (non-hydrogen) atoms. The summed E-state index contributed by atoms with van der Waals surface area (Å²) >= 11 is 1.75. The zero-order valence-corrected chi connectivity index (χ0v) is 23.0. The quantitative estimate of drug-likeness (QED) is 0.217. The number of para-hydroxylation sites is 1. The molecule has 0 amide bonds. The largest absolute Gasteiger partial charge is 0.440 e. The SMILES string of the molecule is N/C=C(\C=NCCN1CC1)c1ccc2sc3c(-c4cccc5c(=O)cc(N6CCOCC6)oc45)cccc3c2c1. The topological polar surface area (TPSA) is 84.1 Å². The Morgan fingerprint density at radius 3 is 2.55 bits per heavy atom. The summed E-state index contributed by atoms with van der Waals surface area (Å²) in [6.45, 7) is 6.78. The number of hydrogen-bond acceptors (Lipinski definition) is 8. The third-order valence-electron chi connectivity index (χ3n) is 7.68. The van der Waals surface area contributed by atoms with Crippen LogP contribution in [0.3, 0.4) is 0 Å². The summed E-state index contributed by atoms with van der Waals surface area (Å²) in [6.07, 6.45) is 3.51. The molecule has 2 aromatic heterocycles. The van der Waals surface area contributed by atoms with Crippen LogP contribution >= 0.6 is 11.3 Å². The minimum atomic E-state index is -0.0326. The Bertz CT molecular complexity index is 1840. The number of nitrogens with zero attached hydrogens (tertiary/aromatic N) is 3. The van der Waals surface area contributed by atoms with Crippen molar-refractivity contribution in [2.75, 3.05) is 57.4 Å². The Morgan fingerprint density at radius 2 is 1.75 bits per heavy atom. The van der Waals surface area contributed by atoms with E-state index in [1.165, 1.54) is 23.2 Å². The number of thiophene rings is 1. The molecular weight excluding hydrogens is 520 g/mol. The van der Waals surface area contributed by atoms with Gasteiger partial charge in [-0.2, -0.15) is 0 Å². The van der Waals surface area contributed by atoms with E-state index in [0.29, 0.717) is 43.2 Å². The van der Waals surface area contributed by atoms with E-state index in [0.717, 1.165) is 45.4 Å². The summed E-state index contributed by atoms with van der Waals surface area (Å²) in [5, 5.41) is 2.93. The maximum absolute atomic E-state index is 13.1. The molecule has 2 saturated heterocycles. The van der Waals surface area contributed by atoms with E-state index in [-0.39, 0.29) is 5.43 Å². The predicted molar refractivity (Wildman–Crippen MR) is 166 cm³/mol. The van der Waals surface area contributed by atoms with Crippen LogP contribution in [-0.4, -0.2) is 63.6 Å². The van der Waals surface area contributed by atoms with Crippen LogP contribution in [0.1, 0.15) is 5.56 Å². The van der Waals surface area contributed by atoms with Gasteiger partial charge in [0.2, 0.25) is 0 Å². The lowest BCUT2D eigenvalue weighted by molar-refractivity contribution is 0.121. The van der Waals surface area contributed by atoms with Crippen molar-refractivity contribution in [3.8, 4) is 11.1 Å². The van der Waals surface area contributed by atoms with Gasteiger partial charge in [-0.3, -0.25) is 14.7 Å². The van der Waals surface area contributed by atoms with E-state index in [1.54, 1.807) is 23.6 Å². The fraction of sp³-hybridized carbons (Fsp3) is 0.250. The molecule has 0 atom stereocenters. The first-order chi connectivity index (χ1) is 19.7. The molecule has 8 heteroatoms. The van der Waals surface area contributed by atoms with Crippen LogP contribution in [0.4, 0.5) is 5.88 Å². The second kappa shape index (κ2) is 10.5. The third-order valence-corrected chi connectivity index (χ3v) is 8.90. The number of nitrogens with two attached hydrogens (primary N) is 1. The maximum atomic E-state index is 13.1. The van der Waals surface area contributed by atoms with E-state index < -0.39 is 0 Å². The average molecular weight is 551 g/mol. The molecule has 2 aliphatic rings. The van der Waals surface area contributed by atoms with Crippen LogP contribution in [0.5, 0.6) is 0 Å². The van der Waals surface area contributed by atoms with Crippen molar-refractivity contribution in [2.24, 2.45) is 10.7 Å². The Kier molecular flexibility index (Phi) is 6.59. The predicted octanol–water partition coefficient (Wildman–Crippen LogP) is 5.35. The van der Waals surface area contributed by atoms with Gasteiger partial charge in [-0.05, 0) is 23.8 Å². The lowest BCUT2D eigenvalue weighted by Gasteiger charge is -2.27. The molecule has 7 rings (SSSR count). The summed E-state index contributed by atoms with van der Waals surface area (Å²) in [4.78, 5) is 22.2. The first-order valence-electron chi connectivity index (χ1n) is 13.7. The van der Waals surface area contributed by atoms with E-state index in [4.69, 9.17) is 14.9 Å². The van der Waals surface area contributed by atoms with Crippen molar-refractivity contribution < 1.29 is 9.15 Å². The molecule has 2 aliphatic heterocycles. The molecule has 2 N–H and O–H groups in total. The lowest BCUT2D eigenvalue weighted by Crippen LogP contribution is -2.36. The van der Waals surface area contributed by atoms with E-state index >= 15 is 0 Å². The van der Waals surface area contributed by atoms with Crippen LogP contribution in [0.15, 0.2) is 81.1 Å². The Hall–Kier alpha value is -3.98. The Labute approximate surface area is 235 Å². The maximum Gasteiger partial charge on any atom is 0.200 e. The summed E-state index contributed by atoms with van der Waals surface area (Å²) < 4.78 is 14.3. The number of anilines is 1. The third kappa shape index (κ3) is 4.68. The highest BCUT2D eigenvalue weighted by Gasteiger charge is 2.19. The monoisotopic (exact) mass is 550 g/mol. The number of allylic oxidation sites excluding steroid dienone is 1. The molecule has 0 unspecified atom stereocenters. The smallest absolute Gasteiger partial charge is 0.200 e. The van der Waals surface area contributed by atoms with Crippen LogP contribution in [0, 0.1) is 0 Å². The fourth-order valence-electron chi connectivity index (χ4n) is 5.38. The molecule has 7 nitrogen and oxygen atoms in total. The zero-order chi connectivity index (χ0) is 27.1. The standard InChI is InChI=1S/C32H30N4O3S/c33-19-22(20-34-9-10-35-11-12-35)21-7-8-29-27(17-21)25-5-2-4-24(32(25)40-29)23-3-1-6-26-28(37)18-30(39-31(23)26)36-13-15-38-16-14-36/h1-8,17-20H,9-16,33H2/b22-19+,34-20?. The number of rotatable bonds is 7. The van der Waals surface area contributed by atoms with Crippen molar-refractivity contribution in [2.45, 2.75) is 0 Å². The van der Waals surface area contributed by atoms with Crippen molar-refractivity contribution in [1.29, 1.82) is 0 Å². The van der Waals surface area contributed by atoms with Gasteiger partial charge in [0.1, 0.15) is 5.58 Å². The van der Waals surface area contributed by atoms with Crippen molar-refractivity contribution in [1.82, 2.24) is 4.90 Å². The zero-order valence-electron chi connectivity index (χ0n) is 22.1. The first kappa shape index (κ1) is 25.0. The average Bonchev–Trinajstić information content (AvgIpc) is 3.75. The summed E-state index contributed by atoms with van der Waals surface area (Å²) in [5.74, 6) is 0.596. The summed E-state index contributed by atoms with van der Waals surface area (Å²) in [6, 6.07) is 20.2. The molecule has 0 aliphatic carbocycles. The number of morpholine rings is 1. The van der Waals surface area contributed by atoms with Crippen molar-refractivity contribution in [3.05, 3.63) is 82.7 Å². The molecule has 3 aromatic carbocycles. The van der Waals surface area contributed by atoms with Gasteiger partial charge in [0, 0.05) is 88.1 Å². The summed E-state index contributed by atoms with van der Waals surface area (Å²) in [5.41, 5.74) is 10.5. The number of hydrogen-bond donors (Lipinski definition) is 1. The van der Waals surface area contributed by atoms with E-state index in [1.807, 2.05) is 24.4 Å². The number of benzene rings is 3. The molecule has 0 spiro atoms. The lowest BCUT2D eigenvalue weighted by atomic mass is 9.99. The molecule has 0 saturated carbocycles. The van der Waals surface area contributed by atoms with Crippen LogP contribution in [0.2, 0.25) is 0 Å². The molecule has 4 heterocycles. The van der Waals surface area contributed by atoms with Crippen molar-refractivity contribution in [3.63, 3.8) is 0 Å². The van der Waals surface area contributed by atoms with Gasteiger partial charge in [-0.25, -0.2) is 0 Å². The molecule has 0 radical (unpaired) electrons. The minimum Gasteiger partial charge on any atom is -0.440 e. The Balaban J connectivity index is 1.31. The second-order valence-corrected chi connectivity index (χ2v) is 11.3. The van der Waals surface area contributed by atoms with Gasteiger partial charge in [0.15, 0.2) is 11.3 Å². The minimum absolute atomic E-state index is 0.0326. The van der Waals surface area contributed by atoms with Crippen LogP contribution in [-0.2, 0) is 4.74 Å². The van der Waals surface area contributed by atoms with Crippen molar-refractivity contribution >= 4 is 60.2 Å². The highest BCUT2D eigenvalue weighted by atomic mass is 32.1. The van der Waals surface area contributed by atoms with Gasteiger partial charge in [0.05, 0.1) is 25.1 Å². The molecule has 0 bridgehead atoms. The number of ether oxygens (including phenoxy) is 1. The summed E-state index contributed by atoms with van der Waals surface area (Å²) in [7, 11) is 0. The van der Waals surface area contributed by atoms with Gasteiger partial charge >= 0.3 is 0 Å². The number of fused-ring (bicyclic) bond motifs is 4. The van der Waals surface area contributed by atoms with Gasteiger partial charge in [0.25, 0.3) is 0 Å². The normalized spacial score (nSPS) is 16.6. The number of aliphatic imine (C=N–C) groups is 1. The first-order valence-corrected chi connectivity index (χ1v) is 14.5. The highest BCUT2D eigenvalue weighted by Crippen LogP contribution is 2.42. The second-order valence-electron chi connectivity index (χ2n) is 10.2. The van der Waals surface area contributed by atoms with Crippen LogP contribution in [0.25, 0.3) is 47.8 Å². The highest BCUT2D eigenvalue weighted by molar-refractivity contribution is 7.26.